The van der Waals surface area contributed by atoms with Crippen molar-refractivity contribution in [3.63, 3.8) is 0 Å². The van der Waals surface area contributed by atoms with Crippen LogP contribution in [0.4, 0.5) is 5.69 Å². The zero-order valence-corrected chi connectivity index (χ0v) is 11.8. The summed E-state index contributed by atoms with van der Waals surface area (Å²) in [4.78, 5) is 11.0. The van der Waals surface area contributed by atoms with Gasteiger partial charge in [0, 0.05) is 19.3 Å². The molecule has 2 N–H and O–H groups in total. The molecule has 0 fully saturated rings. The Balaban J connectivity index is 2.69. The Morgan fingerprint density at radius 3 is 2.58 bits per heavy atom. The Kier molecular flexibility index (Phi) is 5.31. The third-order valence-electron chi connectivity index (χ3n) is 2.71. The molecule has 0 radical (unpaired) electrons. The van der Waals surface area contributed by atoms with E-state index in [0.29, 0.717) is 5.69 Å². The largest absolute Gasteiger partial charge is 0.469 e. The number of carbonyl (C=O) groups is 1. The van der Waals surface area contributed by atoms with Crippen molar-refractivity contribution in [3.05, 3.63) is 29.8 Å². The Morgan fingerprint density at radius 1 is 1.37 bits per heavy atom. The van der Waals surface area contributed by atoms with Crippen molar-refractivity contribution in [3.8, 4) is 0 Å². The van der Waals surface area contributed by atoms with Gasteiger partial charge in [0.15, 0.2) is 0 Å². The van der Waals surface area contributed by atoms with E-state index in [4.69, 9.17) is 5.73 Å². The Morgan fingerprint density at radius 2 is 2.00 bits per heavy atom. The first-order valence-electron chi connectivity index (χ1n) is 5.71. The van der Waals surface area contributed by atoms with Gasteiger partial charge >= 0.3 is 5.97 Å². The molecule has 1 aromatic carbocycles. The highest BCUT2D eigenvalue weighted by Crippen LogP contribution is 2.15. The monoisotopic (exact) mass is 286 g/mol. The smallest absolute Gasteiger partial charge is 0.306 e. The number of esters is 1. The summed E-state index contributed by atoms with van der Waals surface area (Å²) in [5, 5.41) is 0. The summed E-state index contributed by atoms with van der Waals surface area (Å²) in [6, 6.07) is 7.05. The molecule has 1 aromatic rings. The maximum absolute atomic E-state index is 11.9. The number of rotatable bonds is 6. The number of carbonyl (C=O) groups excluding carboxylic acids is 1. The van der Waals surface area contributed by atoms with Gasteiger partial charge in [-0.1, -0.05) is 18.2 Å². The lowest BCUT2D eigenvalue weighted by atomic mass is 10.2. The third kappa shape index (κ3) is 4.53. The topological polar surface area (TPSA) is 89.7 Å². The van der Waals surface area contributed by atoms with Crippen LogP contribution in [0.15, 0.2) is 24.3 Å². The highest BCUT2D eigenvalue weighted by molar-refractivity contribution is 7.89. The minimum absolute atomic E-state index is 0.159. The molecule has 0 atom stereocenters. The number of para-hydroxylation sites is 1. The SMILES string of the molecule is COC(=O)CCS(=O)(=O)N(C)Cc1ccccc1N. The average molecular weight is 286 g/mol. The van der Waals surface area contributed by atoms with Gasteiger partial charge in [-0.15, -0.1) is 0 Å². The van der Waals surface area contributed by atoms with E-state index in [1.165, 1.54) is 18.5 Å². The van der Waals surface area contributed by atoms with Crippen molar-refractivity contribution in [1.29, 1.82) is 0 Å². The average Bonchev–Trinajstić information content (AvgIpc) is 2.38. The first kappa shape index (κ1) is 15.5. The molecule has 0 aliphatic carbocycles. The quantitative estimate of drug-likeness (QED) is 0.610. The predicted molar refractivity (Wildman–Crippen MR) is 72.7 cm³/mol. The Labute approximate surface area is 113 Å². The number of hydrogen-bond acceptors (Lipinski definition) is 5. The lowest BCUT2D eigenvalue weighted by Gasteiger charge is -2.17. The van der Waals surface area contributed by atoms with Crippen molar-refractivity contribution in [2.24, 2.45) is 0 Å². The molecule has 0 aliphatic rings. The number of methoxy groups -OCH3 is 1. The van der Waals surface area contributed by atoms with E-state index in [0.717, 1.165) is 5.56 Å². The molecule has 19 heavy (non-hydrogen) atoms. The maximum Gasteiger partial charge on any atom is 0.306 e. The summed E-state index contributed by atoms with van der Waals surface area (Å²) in [5.74, 6) is -0.820. The molecule has 106 valence electrons. The van der Waals surface area contributed by atoms with Crippen LogP contribution in [0.25, 0.3) is 0 Å². The second-order valence-electron chi connectivity index (χ2n) is 4.10. The number of hydrogen-bond donors (Lipinski definition) is 1. The van der Waals surface area contributed by atoms with Gasteiger partial charge in [0.25, 0.3) is 0 Å². The van der Waals surface area contributed by atoms with Crippen LogP contribution in [-0.2, 0) is 26.1 Å². The van der Waals surface area contributed by atoms with E-state index in [1.807, 2.05) is 0 Å². The second-order valence-corrected chi connectivity index (χ2v) is 6.29. The van der Waals surface area contributed by atoms with E-state index in [1.54, 1.807) is 24.3 Å². The molecular weight excluding hydrogens is 268 g/mol. The minimum atomic E-state index is -3.50. The fraction of sp³-hybridized carbons (Fsp3) is 0.417. The van der Waals surface area contributed by atoms with Gasteiger partial charge in [-0.05, 0) is 11.6 Å². The number of benzene rings is 1. The molecule has 0 heterocycles. The summed E-state index contributed by atoms with van der Waals surface area (Å²) in [6.45, 7) is 0.177. The first-order valence-corrected chi connectivity index (χ1v) is 7.32. The van der Waals surface area contributed by atoms with Crippen LogP contribution >= 0.6 is 0 Å². The van der Waals surface area contributed by atoms with Crippen molar-refractivity contribution in [1.82, 2.24) is 4.31 Å². The number of nitrogens with two attached hydrogens (primary N) is 1. The molecule has 0 saturated carbocycles. The number of nitrogens with zero attached hydrogens (tertiary/aromatic N) is 1. The van der Waals surface area contributed by atoms with Crippen molar-refractivity contribution < 1.29 is 17.9 Å². The van der Waals surface area contributed by atoms with Crippen molar-refractivity contribution >= 4 is 21.7 Å². The molecule has 0 spiro atoms. The summed E-state index contributed by atoms with van der Waals surface area (Å²) < 4.78 is 29.5. The minimum Gasteiger partial charge on any atom is -0.469 e. The van der Waals surface area contributed by atoms with Gasteiger partial charge in [0.05, 0.1) is 19.3 Å². The lowest BCUT2D eigenvalue weighted by Crippen LogP contribution is -2.30. The van der Waals surface area contributed by atoms with Gasteiger partial charge in [-0.2, -0.15) is 0 Å². The van der Waals surface area contributed by atoms with E-state index in [-0.39, 0.29) is 18.7 Å². The molecule has 0 saturated heterocycles. The zero-order valence-electron chi connectivity index (χ0n) is 11.0. The zero-order chi connectivity index (χ0) is 14.5. The molecular formula is C12H18N2O4S. The molecule has 0 amide bonds. The molecule has 0 unspecified atom stereocenters. The fourth-order valence-electron chi connectivity index (χ4n) is 1.49. The van der Waals surface area contributed by atoms with E-state index in [9.17, 15) is 13.2 Å². The predicted octanol–water partition coefficient (Wildman–Crippen LogP) is 0.594. The van der Waals surface area contributed by atoms with Crippen molar-refractivity contribution in [2.75, 3.05) is 25.6 Å². The van der Waals surface area contributed by atoms with Gasteiger partial charge in [-0.3, -0.25) is 4.79 Å². The maximum atomic E-state index is 11.9. The number of ether oxygens (including phenoxy) is 1. The molecule has 7 heteroatoms. The highest BCUT2D eigenvalue weighted by Gasteiger charge is 2.20. The Hall–Kier alpha value is -1.60. The van der Waals surface area contributed by atoms with Crippen LogP contribution in [0.5, 0.6) is 0 Å². The lowest BCUT2D eigenvalue weighted by molar-refractivity contribution is -0.140. The Bertz CT molecular complexity index is 542. The number of nitrogen functional groups attached to an aromatic ring is 1. The summed E-state index contributed by atoms with van der Waals surface area (Å²) in [7, 11) is -0.821. The van der Waals surface area contributed by atoms with Crippen LogP contribution in [-0.4, -0.2) is 38.6 Å². The molecule has 0 aromatic heterocycles. The van der Waals surface area contributed by atoms with Gasteiger partial charge in [-0.25, -0.2) is 12.7 Å². The van der Waals surface area contributed by atoms with Crippen LogP contribution < -0.4 is 5.73 Å². The fourth-order valence-corrected chi connectivity index (χ4v) is 2.56. The summed E-state index contributed by atoms with van der Waals surface area (Å²) >= 11 is 0. The number of anilines is 1. The van der Waals surface area contributed by atoms with Crippen LogP contribution in [0.1, 0.15) is 12.0 Å². The molecule has 0 bridgehead atoms. The third-order valence-corrected chi connectivity index (χ3v) is 4.51. The molecule has 0 aliphatic heterocycles. The standard InChI is InChI=1S/C12H18N2O4S/c1-14(9-10-5-3-4-6-11(10)13)19(16,17)8-7-12(15)18-2/h3-6H,7-9,13H2,1-2H3. The molecule has 6 nitrogen and oxygen atoms in total. The first-order chi connectivity index (χ1) is 8.86. The van der Waals surface area contributed by atoms with E-state index in [2.05, 4.69) is 4.74 Å². The van der Waals surface area contributed by atoms with Crippen LogP contribution in [0.3, 0.4) is 0 Å². The van der Waals surface area contributed by atoms with Crippen LogP contribution in [0, 0.1) is 0 Å². The second kappa shape index (κ2) is 6.53. The van der Waals surface area contributed by atoms with E-state index < -0.39 is 16.0 Å². The molecule has 1 rings (SSSR count). The van der Waals surface area contributed by atoms with Crippen molar-refractivity contribution in [2.45, 2.75) is 13.0 Å². The van der Waals surface area contributed by atoms with Gasteiger partial charge in [0.1, 0.15) is 0 Å². The summed E-state index contributed by atoms with van der Waals surface area (Å²) in [6.07, 6.45) is -0.159. The van der Waals surface area contributed by atoms with Crippen LogP contribution in [0.2, 0.25) is 0 Å². The van der Waals surface area contributed by atoms with E-state index >= 15 is 0 Å². The van der Waals surface area contributed by atoms with Gasteiger partial charge < -0.3 is 10.5 Å². The highest BCUT2D eigenvalue weighted by atomic mass is 32.2. The summed E-state index contributed by atoms with van der Waals surface area (Å²) in [5.41, 5.74) is 7.03. The van der Waals surface area contributed by atoms with Gasteiger partial charge in [0.2, 0.25) is 10.0 Å². The number of sulfonamides is 1. The normalized spacial score (nSPS) is 11.5.